The van der Waals surface area contributed by atoms with E-state index in [4.69, 9.17) is 5.14 Å². The van der Waals surface area contributed by atoms with Crippen molar-refractivity contribution in [3.05, 3.63) is 43.0 Å². The number of anilines is 1. The standard InChI is InChI=1S/C12H10Br2N2O3S2/c1-6-2-3-7(21(15,18)19)4-9(6)16-12(17)10-5-8(13)11(14)20-10/h2-5H,1H3,(H,16,17)(H2,15,18,19). The molecular formula is C12H10Br2N2O3S2. The number of primary sulfonamides is 1. The van der Waals surface area contributed by atoms with Gasteiger partial charge in [0.05, 0.1) is 13.6 Å². The van der Waals surface area contributed by atoms with Gasteiger partial charge >= 0.3 is 0 Å². The highest BCUT2D eigenvalue weighted by atomic mass is 79.9. The van der Waals surface area contributed by atoms with Gasteiger partial charge in [-0.25, -0.2) is 13.6 Å². The fourth-order valence-corrected chi connectivity index (χ4v) is 4.03. The molecule has 112 valence electrons. The van der Waals surface area contributed by atoms with Crippen molar-refractivity contribution in [1.82, 2.24) is 0 Å². The first-order chi connectivity index (χ1) is 9.68. The second-order valence-electron chi connectivity index (χ2n) is 4.21. The van der Waals surface area contributed by atoms with Gasteiger partial charge in [-0.2, -0.15) is 0 Å². The van der Waals surface area contributed by atoms with Crippen molar-refractivity contribution < 1.29 is 13.2 Å². The lowest BCUT2D eigenvalue weighted by molar-refractivity contribution is 0.103. The van der Waals surface area contributed by atoms with E-state index in [0.717, 1.165) is 13.8 Å². The predicted octanol–water partition coefficient (Wildman–Crippen LogP) is 3.48. The summed E-state index contributed by atoms with van der Waals surface area (Å²) in [4.78, 5) is 12.6. The molecule has 0 aliphatic heterocycles. The van der Waals surface area contributed by atoms with Crippen LogP contribution in [0.1, 0.15) is 15.2 Å². The van der Waals surface area contributed by atoms with Crippen LogP contribution in [0.2, 0.25) is 0 Å². The van der Waals surface area contributed by atoms with Crippen LogP contribution in [0, 0.1) is 6.92 Å². The highest BCUT2D eigenvalue weighted by Gasteiger charge is 2.15. The third-order valence-corrected chi connectivity index (χ3v) is 6.82. The number of nitrogens with two attached hydrogens (primary N) is 1. The summed E-state index contributed by atoms with van der Waals surface area (Å²) in [5.74, 6) is -0.318. The minimum atomic E-state index is -3.81. The first-order valence-electron chi connectivity index (χ1n) is 5.58. The Morgan fingerprint density at radius 1 is 1.29 bits per heavy atom. The van der Waals surface area contributed by atoms with Gasteiger partial charge in [0, 0.05) is 10.2 Å². The van der Waals surface area contributed by atoms with Crippen molar-refractivity contribution in [2.75, 3.05) is 5.32 Å². The number of amides is 1. The number of nitrogens with one attached hydrogen (secondary N) is 1. The minimum Gasteiger partial charge on any atom is -0.321 e. The van der Waals surface area contributed by atoms with Crippen LogP contribution >= 0.6 is 43.2 Å². The zero-order valence-electron chi connectivity index (χ0n) is 10.7. The Balaban J connectivity index is 2.33. The number of hydrogen-bond acceptors (Lipinski definition) is 4. The highest BCUT2D eigenvalue weighted by Crippen LogP contribution is 2.33. The first-order valence-corrected chi connectivity index (χ1v) is 9.53. The smallest absolute Gasteiger partial charge is 0.265 e. The van der Waals surface area contributed by atoms with Crippen molar-refractivity contribution >= 4 is 64.8 Å². The summed E-state index contributed by atoms with van der Waals surface area (Å²) in [6.45, 7) is 1.77. The summed E-state index contributed by atoms with van der Waals surface area (Å²) in [5.41, 5.74) is 1.15. The summed E-state index contributed by atoms with van der Waals surface area (Å²) >= 11 is 7.90. The first kappa shape index (κ1) is 16.6. The maximum Gasteiger partial charge on any atom is 0.265 e. The minimum absolute atomic E-state index is 0.0445. The zero-order valence-corrected chi connectivity index (χ0v) is 15.5. The van der Waals surface area contributed by atoms with Gasteiger partial charge in [-0.1, -0.05) is 6.07 Å². The van der Waals surface area contributed by atoms with Gasteiger partial charge < -0.3 is 5.32 Å². The Morgan fingerprint density at radius 2 is 1.95 bits per heavy atom. The monoisotopic (exact) mass is 452 g/mol. The molecule has 3 N–H and O–H groups in total. The maximum absolute atomic E-state index is 12.2. The quantitative estimate of drug-likeness (QED) is 0.745. The van der Waals surface area contributed by atoms with E-state index in [1.807, 2.05) is 0 Å². The fourth-order valence-electron chi connectivity index (χ4n) is 1.56. The van der Waals surface area contributed by atoms with Gasteiger partial charge in [0.1, 0.15) is 0 Å². The van der Waals surface area contributed by atoms with Crippen molar-refractivity contribution in [2.45, 2.75) is 11.8 Å². The number of thiophene rings is 1. The number of hydrogen-bond donors (Lipinski definition) is 2. The van der Waals surface area contributed by atoms with E-state index in [2.05, 4.69) is 37.2 Å². The van der Waals surface area contributed by atoms with Gasteiger partial charge in [0.2, 0.25) is 10.0 Å². The molecule has 0 bridgehead atoms. The van der Waals surface area contributed by atoms with Crippen LogP contribution in [0.15, 0.2) is 37.4 Å². The molecule has 1 aromatic carbocycles. The number of aryl methyl sites for hydroxylation is 1. The van der Waals surface area contributed by atoms with E-state index in [1.165, 1.54) is 23.5 Å². The average Bonchev–Trinajstić information content (AvgIpc) is 2.71. The van der Waals surface area contributed by atoms with E-state index < -0.39 is 10.0 Å². The molecule has 0 saturated carbocycles. The van der Waals surface area contributed by atoms with E-state index in [-0.39, 0.29) is 10.8 Å². The lowest BCUT2D eigenvalue weighted by atomic mass is 10.2. The molecule has 21 heavy (non-hydrogen) atoms. The number of sulfonamides is 1. The molecule has 0 fully saturated rings. The second kappa shape index (κ2) is 6.17. The van der Waals surface area contributed by atoms with Crippen LogP contribution in [0.25, 0.3) is 0 Å². The molecule has 0 aliphatic carbocycles. The summed E-state index contributed by atoms with van der Waals surface area (Å²) in [5, 5.41) is 7.78. The molecule has 5 nitrogen and oxygen atoms in total. The van der Waals surface area contributed by atoms with Crippen LogP contribution in [0.4, 0.5) is 5.69 Å². The Bertz CT molecular complexity index is 796. The molecule has 0 spiro atoms. The Morgan fingerprint density at radius 3 is 2.48 bits per heavy atom. The summed E-state index contributed by atoms with van der Waals surface area (Å²) in [6, 6.07) is 6.03. The molecule has 2 aromatic rings. The molecule has 2 rings (SSSR count). The van der Waals surface area contributed by atoms with Gasteiger partial charge in [0.15, 0.2) is 0 Å². The molecule has 1 aromatic heterocycles. The van der Waals surface area contributed by atoms with Crippen molar-refractivity contribution in [3.63, 3.8) is 0 Å². The molecule has 0 unspecified atom stereocenters. The SMILES string of the molecule is Cc1ccc(S(N)(=O)=O)cc1NC(=O)c1cc(Br)c(Br)s1. The Hall–Kier alpha value is -0.740. The number of carbonyl (C=O) groups is 1. The summed E-state index contributed by atoms with van der Waals surface area (Å²) < 4.78 is 24.3. The number of carbonyl (C=O) groups excluding carboxylic acids is 1. The topological polar surface area (TPSA) is 89.3 Å². The van der Waals surface area contributed by atoms with Gasteiger partial charge in [-0.15, -0.1) is 11.3 Å². The molecule has 9 heteroatoms. The lowest BCUT2D eigenvalue weighted by Crippen LogP contribution is -2.15. The average molecular weight is 454 g/mol. The van der Waals surface area contributed by atoms with E-state index in [0.29, 0.717) is 10.6 Å². The fraction of sp³-hybridized carbons (Fsp3) is 0.0833. The van der Waals surface area contributed by atoms with Crippen LogP contribution in [0.3, 0.4) is 0 Å². The number of benzene rings is 1. The van der Waals surface area contributed by atoms with Crippen molar-refractivity contribution in [3.8, 4) is 0 Å². The summed E-state index contributed by atoms with van der Waals surface area (Å²) in [6.07, 6.45) is 0. The van der Waals surface area contributed by atoms with Crippen LogP contribution < -0.4 is 10.5 Å². The van der Waals surface area contributed by atoms with E-state index in [1.54, 1.807) is 19.1 Å². The lowest BCUT2D eigenvalue weighted by Gasteiger charge is -2.09. The van der Waals surface area contributed by atoms with Crippen molar-refractivity contribution in [2.24, 2.45) is 5.14 Å². The molecular weight excluding hydrogens is 444 g/mol. The van der Waals surface area contributed by atoms with Crippen LogP contribution in [0.5, 0.6) is 0 Å². The Kier molecular flexibility index (Phi) is 4.89. The second-order valence-corrected chi connectivity index (χ2v) is 8.99. The third kappa shape index (κ3) is 3.92. The van der Waals surface area contributed by atoms with Gasteiger partial charge in [-0.3, -0.25) is 4.79 Å². The molecule has 1 amide bonds. The number of rotatable bonds is 3. The van der Waals surface area contributed by atoms with E-state index in [9.17, 15) is 13.2 Å². The normalized spacial score (nSPS) is 11.4. The maximum atomic E-state index is 12.2. The molecule has 0 saturated heterocycles. The van der Waals surface area contributed by atoms with Crippen molar-refractivity contribution in [1.29, 1.82) is 0 Å². The van der Waals surface area contributed by atoms with Crippen LogP contribution in [-0.2, 0) is 10.0 Å². The van der Waals surface area contributed by atoms with Gasteiger partial charge in [0.25, 0.3) is 5.91 Å². The zero-order chi connectivity index (χ0) is 15.8. The summed E-state index contributed by atoms with van der Waals surface area (Å²) in [7, 11) is -3.81. The molecule has 0 aliphatic rings. The molecule has 0 atom stereocenters. The molecule has 1 heterocycles. The largest absolute Gasteiger partial charge is 0.321 e. The predicted molar refractivity (Wildman–Crippen MR) is 90.2 cm³/mol. The third-order valence-electron chi connectivity index (χ3n) is 2.65. The Labute approximate surface area is 142 Å². The van der Waals surface area contributed by atoms with Gasteiger partial charge in [-0.05, 0) is 62.5 Å². The highest BCUT2D eigenvalue weighted by molar-refractivity contribution is 9.13. The van der Waals surface area contributed by atoms with E-state index >= 15 is 0 Å². The molecule has 0 radical (unpaired) electrons. The van der Waals surface area contributed by atoms with Crippen LogP contribution in [-0.4, -0.2) is 14.3 Å². The number of halogens is 2.